The molecular weight excluding hydrogens is 198 g/mol. The second-order valence-corrected chi connectivity index (χ2v) is 5.38. The molecule has 0 unspecified atom stereocenters. The third-order valence-electron chi connectivity index (χ3n) is 3.91. The van der Waals surface area contributed by atoms with Crippen molar-refractivity contribution in [1.29, 1.82) is 0 Å². The Kier molecular flexibility index (Phi) is 2.72. The van der Waals surface area contributed by atoms with E-state index in [0.717, 1.165) is 25.4 Å². The molecule has 2 aliphatic rings. The number of hydrogen-bond donors (Lipinski definition) is 1. The second kappa shape index (κ2) is 4.21. The van der Waals surface area contributed by atoms with Crippen LogP contribution in [0.5, 0.6) is 0 Å². The number of aromatic nitrogens is 2. The molecule has 3 rings (SSSR count). The van der Waals surface area contributed by atoms with Crippen molar-refractivity contribution in [2.45, 2.75) is 51.6 Å². The van der Waals surface area contributed by atoms with E-state index in [-0.39, 0.29) is 0 Å². The summed E-state index contributed by atoms with van der Waals surface area (Å²) in [6, 6.07) is 0.516. The monoisotopic (exact) mass is 219 g/mol. The molecule has 1 aromatic heterocycles. The van der Waals surface area contributed by atoms with Crippen LogP contribution in [0.4, 0.5) is 0 Å². The molecule has 1 N–H and O–H groups in total. The van der Waals surface area contributed by atoms with Crippen LogP contribution < -0.4 is 5.32 Å². The van der Waals surface area contributed by atoms with E-state index in [1.54, 1.807) is 0 Å². The van der Waals surface area contributed by atoms with Gasteiger partial charge in [0.25, 0.3) is 0 Å². The maximum absolute atomic E-state index is 4.81. The molecule has 0 spiro atoms. The highest BCUT2D eigenvalue weighted by atomic mass is 15.1. The zero-order valence-electron chi connectivity index (χ0n) is 10.1. The molecule has 1 saturated heterocycles. The summed E-state index contributed by atoms with van der Waals surface area (Å²) in [5.74, 6) is 2.12. The van der Waals surface area contributed by atoms with E-state index in [1.165, 1.54) is 37.2 Å². The molecule has 1 fully saturated rings. The lowest BCUT2D eigenvalue weighted by Crippen LogP contribution is -2.27. The minimum absolute atomic E-state index is 0.516. The summed E-state index contributed by atoms with van der Waals surface area (Å²) < 4.78 is 2.37. The molecule has 0 bridgehead atoms. The van der Waals surface area contributed by atoms with Gasteiger partial charge in [-0.2, -0.15) is 0 Å². The molecule has 0 amide bonds. The van der Waals surface area contributed by atoms with E-state index in [1.807, 2.05) is 0 Å². The second-order valence-electron chi connectivity index (χ2n) is 5.38. The molecule has 0 radical (unpaired) electrons. The summed E-state index contributed by atoms with van der Waals surface area (Å²) in [7, 11) is 0. The molecule has 0 aromatic carbocycles. The molecule has 16 heavy (non-hydrogen) atoms. The van der Waals surface area contributed by atoms with Crippen LogP contribution in [0.1, 0.15) is 50.2 Å². The largest absolute Gasteiger partial charge is 0.334 e. The number of hydrogen-bond acceptors (Lipinski definition) is 2. The molecule has 88 valence electrons. The van der Waals surface area contributed by atoms with Crippen molar-refractivity contribution in [2.75, 3.05) is 6.54 Å². The van der Waals surface area contributed by atoms with Gasteiger partial charge in [-0.3, -0.25) is 0 Å². The van der Waals surface area contributed by atoms with Crippen LogP contribution in [0.3, 0.4) is 0 Å². The third kappa shape index (κ3) is 1.88. The van der Waals surface area contributed by atoms with Gasteiger partial charge in [-0.15, -0.1) is 0 Å². The predicted molar refractivity (Wildman–Crippen MR) is 64.3 cm³/mol. The van der Waals surface area contributed by atoms with E-state index < -0.39 is 0 Å². The number of nitrogens with zero attached hydrogens (tertiary/aromatic N) is 2. The summed E-state index contributed by atoms with van der Waals surface area (Å²) in [6.45, 7) is 4.65. The summed E-state index contributed by atoms with van der Waals surface area (Å²) in [6.07, 6.45) is 8.67. The van der Waals surface area contributed by atoms with E-state index in [9.17, 15) is 0 Å². The fraction of sp³-hybridized carbons (Fsp3) is 0.769. The average molecular weight is 219 g/mol. The SMILES string of the molecule is C[C@@H]1CCc2nc([C@H]3CCCCN3)cn2C1. The zero-order valence-corrected chi connectivity index (χ0v) is 10.1. The van der Waals surface area contributed by atoms with Crippen molar-refractivity contribution in [2.24, 2.45) is 5.92 Å². The van der Waals surface area contributed by atoms with Crippen LogP contribution in [0.15, 0.2) is 6.20 Å². The summed E-state index contributed by atoms with van der Waals surface area (Å²) in [4.78, 5) is 4.81. The topological polar surface area (TPSA) is 29.9 Å². The molecule has 3 heterocycles. The normalized spacial score (nSPS) is 30.1. The summed E-state index contributed by atoms with van der Waals surface area (Å²) >= 11 is 0. The van der Waals surface area contributed by atoms with Crippen LogP contribution >= 0.6 is 0 Å². The molecule has 2 aliphatic heterocycles. The van der Waals surface area contributed by atoms with E-state index >= 15 is 0 Å². The quantitative estimate of drug-likeness (QED) is 0.785. The van der Waals surface area contributed by atoms with E-state index in [4.69, 9.17) is 4.98 Å². The van der Waals surface area contributed by atoms with Gasteiger partial charge in [0.2, 0.25) is 0 Å². The lowest BCUT2D eigenvalue weighted by atomic mass is 10.0. The highest BCUT2D eigenvalue weighted by Gasteiger charge is 2.22. The van der Waals surface area contributed by atoms with Crippen LogP contribution in [-0.2, 0) is 13.0 Å². The average Bonchev–Trinajstić information content (AvgIpc) is 2.73. The van der Waals surface area contributed by atoms with Gasteiger partial charge >= 0.3 is 0 Å². The Labute approximate surface area is 97.3 Å². The maximum atomic E-state index is 4.81. The van der Waals surface area contributed by atoms with Crippen LogP contribution in [0.2, 0.25) is 0 Å². The van der Waals surface area contributed by atoms with Crippen molar-refractivity contribution in [3.63, 3.8) is 0 Å². The zero-order chi connectivity index (χ0) is 11.0. The minimum Gasteiger partial charge on any atom is -0.334 e. The maximum Gasteiger partial charge on any atom is 0.109 e. The first-order valence-corrected chi connectivity index (χ1v) is 6.62. The number of aryl methyl sites for hydroxylation is 1. The molecule has 3 nitrogen and oxygen atoms in total. The van der Waals surface area contributed by atoms with Crippen molar-refractivity contribution < 1.29 is 0 Å². The Morgan fingerprint density at radius 1 is 1.38 bits per heavy atom. The molecule has 0 saturated carbocycles. The number of imidazole rings is 1. The Hall–Kier alpha value is -0.830. The van der Waals surface area contributed by atoms with Crippen molar-refractivity contribution in [3.8, 4) is 0 Å². The first-order chi connectivity index (χ1) is 7.83. The third-order valence-corrected chi connectivity index (χ3v) is 3.91. The van der Waals surface area contributed by atoms with E-state index in [2.05, 4.69) is 23.0 Å². The molecular formula is C13H21N3. The minimum atomic E-state index is 0.516. The van der Waals surface area contributed by atoms with Crippen LogP contribution in [0.25, 0.3) is 0 Å². The highest BCUT2D eigenvalue weighted by Crippen LogP contribution is 2.25. The van der Waals surface area contributed by atoms with Gasteiger partial charge in [0.15, 0.2) is 0 Å². The van der Waals surface area contributed by atoms with Gasteiger partial charge < -0.3 is 9.88 Å². The first kappa shape index (κ1) is 10.3. The number of rotatable bonds is 1. The van der Waals surface area contributed by atoms with Crippen LogP contribution in [-0.4, -0.2) is 16.1 Å². The van der Waals surface area contributed by atoms with E-state index in [0.29, 0.717) is 6.04 Å². The summed E-state index contributed by atoms with van der Waals surface area (Å²) in [5, 5.41) is 3.58. The van der Waals surface area contributed by atoms with Gasteiger partial charge in [-0.25, -0.2) is 4.98 Å². The highest BCUT2D eigenvalue weighted by molar-refractivity contribution is 5.11. The van der Waals surface area contributed by atoms with Gasteiger partial charge in [-0.1, -0.05) is 13.3 Å². The van der Waals surface area contributed by atoms with Crippen molar-refractivity contribution in [3.05, 3.63) is 17.7 Å². The smallest absolute Gasteiger partial charge is 0.109 e. The Morgan fingerprint density at radius 3 is 3.12 bits per heavy atom. The predicted octanol–water partition coefficient (Wildman–Crippen LogP) is 2.28. The standard InChI is InChI=1S/C13H21N3/c1-10-5-6-13-15-12(9-16(13)8-10)11-4-2-3-7-14-11/h9-11,14H,2-8H2,1H3/t10-,11-/m1/s1. The first-order valence-electron chi connectivity index (χ1n) is 6.62. The van der Waals surface area contributed by atoms with Gasteiger partial charge in [0.1, 0.15) is 5.82 Å². The van der Waals surface area contributed by atoms with Gasteiger partial charge in [0.05, 0.1) is 11.7 Å². The fourth-order valence-electron chi connectivity index (χ4n) is 2.91. The molecule has 3 heteroatoms. The number of nitrogens with one attached hydrogen (secondary N) is 1. The fourth-order valence-corrected chi connectivity index (χ4v) is 2.91. The van der Waals surface area contributed by atoms with Crippen molar-refractivity contribution >= 4 is 0 Å². The number of piperidine rings is 1. The lowest BCUT2D eigenvalue weighted by Gasteiger charge is -2.21. The Bertz CT molecular complexity index is 363. The van der Waals surface area contributed by atoms with Crippen molar-refractivity contribution in [1.82, 2.24) is 14.9 Å². The Morgan fingerprint density at radius 2 is 2.31 bits per heavy atom. The molecule has 1 aromatic rings. The molecule has 0 aliphatic carbocycles. The molecule has 2 atom stereocenters. The lowest BCUT2D eigenvalue weighted by molar-refractivity contribution is 0.394. The summed E-state index contributed by atoms with van der Waals surface area (Å²) in [5.41, 5.74) is 1.28. The van der Waals surface area contributed by atoms with Crippen LogP contribution in [0, 0.1) is 5.92 Å². The number of fused-ring (bicyclic) bond motifs is 1. The van der Waals surface area contributed by atoms with Gasteiger partial charge in [0, 0.05) is 19.2 Å². The van der Waals surface area contributed by atoms with Gasteiger partial charge in [-0.05, 0) is 31.7 Å². The Balaban J connectivity index is 1.80.